The summed E-state index contributed by atoms with van der Waals surface area (Å²) in [4.78, 5) is 14.7. The highest BCUT2D eigenvalue weighted by Crippen LogP contribution is 2.35. The molecule has 0 saturated carbocycles. The number of aromatic nitrogens is 2. The number of hydrogen-bond acceptors (Lipinski definition) is 5. The van der Waals surface area contributed by atoms with Crippen LogP contribution in [-0.4, -0.2) is 15.5 Å². The second-order valence-electron chi connectivity index (χ2n) is 4.93. The first-order chi connectivity index (χ1) is 10.8. The van der Waals surface area contributed by atoms with Crippen LogP contribution < -0.4 is 10.2 Å². The summed E-state index contributed by atoms with van der Waals surface area (Å²) in [6, 6.07) is 17.1. The van der Waals surface area contributed by atoms with Gasteiger partial charge in [-0.2, -0.15) is 0 Å². The molecule has 0 spiro atoms. The first kappa shape index (κ1) is 13.0. The molecule has 1 aliphatic heterocycles. The van der Waals surface area contributed by atoms with Crippen LogP contribution in [0.3, 0.4) is 0 Å². The third-order valence-corrected chi connectivity index (χ3v) is 4.14. The van der Waals surface area contributed by atoms with Crippen LogP contribution >= 0.6 is 11.5 Å². The van der Waals surface area contributed by atoms with Gasteiger partial charge in [0.15, 0.2) is 6.17 Å². The number of anilines is 2. The number of carbonyl (C=O) groups excluding carboxylic acids is 1. The van der Waals surface area contributed by atoms with Crippen LogP contribution in [0.2, 0.25) is 0 Å². The highest BCUT2D eigenvalue weighted by molar-refractivity contribution is 7.03. The Bertz CT molecular complexity index is 804. The lowest BCUT2D eigenvalue weighted by Gasteiger charge is -2.36. The first-order valence-corrected chi connectivity index (χ1v) is 7.69. The fourth-order valence-corrected chi connectivity index (χ4v) is 3.08. The van der Waals surface area contributed by atoms with E-state index in [1.165, 1.54) is 11.5 Å². The van der Waals surface area contributed by atoms with E-state index in [1.54, 1.807) is 4.90 Å². The van der Waals surface area contributed by atoms with Crippen molar-refractivity contribution in [3.63, 3.8) is 0 Å². The summed E-state index contributed by atoms with van der Waals surface area (Å²) in [6.45, 7) is 0. The zero-order valence-corrected chi connectivity index (χ0v) is 12.3. The maximum absolute atomic E-state index is 13.0. The summed E-state index contributed by atoms with van der Waals surface area (Å²) in [5, 5.41) is 9.38. The van der Waals surface area contributed by atoms with Crippen LogP contribution in [0.5, 0.6) is 0 Å². The highest BCUT2D eigenvalue weighted by Gasteiger charge is 2.35. The van der Waals surface area contributed by atoms with Crippen molar-refractivity contribution >= 4 is 28.8 Å². The van der Waals surface area contributed by atoms with Gasteiger partial charge in [-0.1, -0.05) is 34.8 Å². The van der Waals surface area contributed by atoms with Gasteiger partial charge in [-0.25, -0.2) is 0 Å². The molecule has 3 aromatic rings. The summed E-state index contributed by atoms with van der Waals surface area (Å²) in [5.74, 6) is -0.0430. The van der Waals surface area contributed by atoms with Gasteiger partial charge in [-0.15, -0.1) is 5.10 Å². The molecule has 1 aromatic heterocycles. The summed E-state index contributed by atoms with van der Waals surface area (Å²) in [6.07, 6.45) is -0.358. The SMILES string of the molecule is O=C1c2ccccc2NC(c2csnn2)N1c1ccccc1. The summed E-state index contributed by atoms with van der Waals surface area (Å²) in [7, 11) is 0. The Morgan fingerprint density at radius 1 is 1.05 bits per heavy atom. The average Bonchev–Trinajstić information content (AvgIpc) is 3.10. The van der Waals surface area contributed by atoms with Crippen molar-refractivity contribution in [1.29, 1.82) is 0 Å². The van der Waals surface area contributed by atoms with Gasteiger partial charge in [0.1, 0.15) is 5.69 Å². The Morgan fingerprint density at radius 3 is 2.59 bits per heavy atom. The average molecular weight is 308 g/mol. The maximum Gasteiger partial charge on any atom is 0.262 e. The van der Waals surface area contributed by atoms with Crippen molar-refractivity contribution < 1.29 is 4.79 Å². The summed E-state index contributed by atoms with van der Waals surface area (Å²) in [5.41, 5.74) is 3.03. The molecule has 0 radical (unpaired) electrons. The number of fused-ring (bicyclic) bond motifs is 1. The summed E-state index contributed by atoms with van der Waals surface area (Å²) >= 11 is 1.27. The van der Waals surface area contributed by atoms with Gasteiger partial charge in [0.2, 0.25) is 0 Å². The van der Waals surface area contributed by atoms with Gasteiger partial charge in [0, 0.05) is 16.8 Å². The molecule has 22 heavy (non-hydrogen) atoms. The molecule has 2 heterocycles. The number of amides is 1. The van der Waals surface area contributed by atoms with E-state index in [0.29, 0.717) is 5.56 Å². The van der Waals surface area contributed by atoms with E-state index in [4.69, 9.17) is 0 Å². The molecule has 0 saturated heterocycles. The van der Waals surface area contributed by atoms with Crippen molar-refractivity contribution in [3.8, 4) is 0 Å². The number of benzene rings is 2. The molecule has 0 bridgehead atoms. The van der Waals surface area contributed by atoms with Crippen molar-refractivity contribution in [2.75, 3.05) is 10.2 Å². The molecule has 6 heteroatoms. The molecule has 1 unspecified atom stereocenters. The van der Waals surface area contributed by atoms with Crippen molar-refractivity contribution in [2.45, 2.75) is 6.17 Å². The highest BCUT2D eigenvalue weighted by atomic mass is 32.1. The van der Waals surface area contributed by atoms with E-state index in [-0.39, 0.29) is 12.1 Å². The zero-order chi connectivity index (χ0) is 14.9. The monoisotopic (exact) mass is 308 g/mol. The number of nitrogens with zero attached hydrogens (tertiary/aromatic N) is 3. The second-order valence-corrected chi connectivity index (χ2v) is 5.54. The van der Waals surface area contributed by atoms with Gasteiger partial charge in [-0.3, -0.25) is 9.69 Å². The third-order valence-electron chi connectivity index (χ3n) is 3.62. The number of hydrogen-bond donors (Lipinski definition) is 1. The van der Waals surface area contributed by atoms with E-state index >= 15 is 0 Å². The molecular formula is C16H12N4OS. The second kappa shape index (κ2) is 5.23. The smallest absolute Gasteiger partial charge is 0.262 e. The minimum Gasteiger partial charge on any atom is -0.359 e. The molecule has 0 aliphatic carbocycles. The molecule has 0 fully saturated rings. The van der Waals surface area contributed by atoms with E-state index in [0.717, 1.165) is 17.1 Å². The quantitative estimate of drug-likeness (QED) is 0.789. The predicted molar refractivity (Wildman–Crippen MR) is 86.0 cm³/mol. The predicted octanol–water partition coefficient (Wildman–Crippen LogP) is 3.31. The van der Waals surface area contributed by atoms with Crippen molar-refractivity contribution in [3.05, 3.63) is 71.2 Å². The molecule has 1 atom stereocenters. The lowest BCUT2D eigenvalue weighted by molar-refractivity contribution is 0.0974. The van der Waals surface area contributed by atoms with Crippen LogP contribution in [0.15, 0.2) is 60.0 Å². The molecule has 1 amide bonds. The van der Waals surface area contributed by atoms with Gasteiger partial charge in [0.25, 0.3) is 5.91 Å². The van der Waals surface area contributed by atoms with E-state index < -0.39 is 0 Å². The van der Waals surface area contributed by atoms with E-state index in [9.17, 15) is 4.79 Å². The van der Waals surface area contributed by atoms with Crippen LogP contribution in [0, 0.1) is 0 Å². The Balaban J connectivity index is 1.87. The molecular weight excluding hydrogens is 296 g/mol. The van der Waals surface area contributed by atoms with Gasteiger partial charge < -0.3 is 5.32 Å². The molecule has 4 rings (SSSR count). The lowest BCUT2D eigenvalue weighted by Crippen LogP contribution is -2.43. The number of rotatable bonds is 2. The van der Waals surface area contributed by atoms with Gasteiger partial charge >= 0.3 is 0 Å². The molecule has 1 N–H and O–H groups in total. The Hall–Kier alpha value is -2.73. The fraction of sp³-hybridized carbons (Fsp3) is 0.0625. The molecule has 108 valence electrons. The van der Waals surface area contributed by atoms with Crippen molar-refractivity contribution in [2.24, 2.45) is 0 Å². The van der Waals surface area contributed by atoms with Gasteiger partial charge in [-0.05, 0) is 35.8 Å². The normalized spacial score (nSPS) is 17.0. The molecule has 2 aromatic carbocycles. The maximum atomic E-state index is 13.0. The zero-order valence-electron chi connectivity index (χ0n) is 11.5. The Labute approximate surface area is 131 Å². The fourth-order valence-electron chi connectivity index (χ4n) is 2.61. The summed E-state index contributed by atoms with van der Waals surface area (Å²) < 4.78 is 3.92. The largest absolute Gasteiger partial charge is 0.359 e. The standard InChI is InChI=1S/C16H12N4OS/c21-16-12-8-4-5-9-13(12)17-15(14-10-22-19-18-14)20(16)11-6-2-1-3-7-11/h1-10,15,17H. The van der Waals surface area contributed by atoms with Crippen LogP contribution in [0.25, 0.3) is 0 Å². The number of para-hydroxylation sites is 2. The van der Waals surface area contributed by atoms with Crippen molar-refractivity contribution in [1.82, 2.24) is 9.59 Å². The Morgan fingerprint density at radius 2 is 1.82 bits per heavy atom. The minimum atomic E-state index is -0.358. The Kier molecular flexibility index (Phi) is 3.08. The van der Waals surface area contributed by atoms with Crippen LogP contribution in [-0.2, 0) is 0 Å². The molecule has 5 nitrogen and oxygen atoms in total. The van der Waals surface area contributed by atoms with E-state index in [1.807, 2.05) is 60.0 Å². The third kappa shape index (κ3) is 2.05. The van der Waals surface area contributed by atoms with Gasteiger partial charge in [0.05, 0.1) is 5.56 Å². The first-order valence-electron chi connectivity index (χ1n) is 6.86. The minimum absolute atomic E-state index is 0.0430. The van der Waals surface area contributed by atoms with E-state index in [2.05, 4.69) is 14.9 Å². The lowest BCUT2D eigenvalue weighted by atomic mass is 10.1. The van der Waals surface area contributed by atoms with Crippen LogP contribution in [0.1, 0.15) is 22.2 Å². The number of carbonyl (C=O) groups is 1. The molecule has 1 aliphatic rings. The van der Waals surface area contributed by atoms with Crippen LogP contribution in [0.4, 0.5) is 11.4 Å². The number of nitrogens with one attached hydrogen (secondary N) is 1. The topological polar surface area (TPSA) is 58.1 Å².